The zero-order chi connectivity index (χ0) is 18.3. The number of ether oxygens (including phenoxy) is 1. The second kappa shape index (κ2) is 10.5. The molecule has 1 aromatic carbocycles. The predicted octanol–water partition coefficient (Wildman–Crippen LogP) is 1.20. The van der Waals surface area contributed by atoms with Crippen molar-refractivity contribution < 1.29 is 21.6 Å². The van der Waals surface area contributed by atoms with Crippen LogP contribution in [0, 0.1) is 5.92 Å². The van der Waals surface area contributed by atoms with Crippen LogP contribution < -0.4 is 14.8 Å². The van der Waals surface area contributed by atoms with Gasteiger partial charge in [0.15, 0.2) is 9.84 Å². The number of nitrogens with one attached hydrogen (secondary N) is 2. The standard InChI is InChI=1S/C16H26N2O5S2.ClH/c1-2-24(19,20)11-10-23-15-5-7-16(8-6-15)25(21,22)18-13-14-4-3-9-17-12-14;/h5-8,14,17-18H,2-4,9-13H2,1H3;1H. The molecule has 0 spiro atoms. The van der Waals surface area contributed by atoms with Crippen LogP contribution in [0.2, 0.25) is 0 Å². The molecule has 10 heteroatoms. The smallest absolute Gasteiger partial charge is 0.240 e. The zero-order valence-electron chi connectivity index (χ0n) is 14.8. The molecule has 1 aliphatic rings. The van der Waals surface area contributed by atoms with Gasteiger partial charge in [-0.3, -0.25) is 0 Å². The molecule has 26 heavy (non-hydrogen) atoms. The number of sulfone groups is 1. The van der Waals surface area contributed by atoms with E-state index in [9.17, 15) is 16.8 Å². The van der Waals surface area contributed by atoms with Gasteiger partial charge in [-0.2, -0.15) is 0 Å². The monoisotopic (exact) mass is 426 g/mol. The van der Waals surface area contributed by atoms with Crippen molar-refractivity contribution in [1.29, 1.82) is 0 Å². The van der Waals surface area contributed by atoms with E-state index in [0.29, 0.717) is 18.2 Å². The van der Waals surface area contributed by atoms with Gasteiger partial charge in [0, 0.05) is 12.3 Å². The van der Waals surface area contributed by atoms with Crippen LogP contribution >= 0.6 is 12.4 Å². The van der Waals surface area contributed by atoms with Gasteiger partial charge in [-0.1, -0.05) is 6.92 Å². The Morgan fingerprint density at radius 1 is 1.19 bits per heavy atom. The van der Waals surface area contributed by atoms with Crippen molar-refractivity contribution >= 4 is 32.3 Å². The average molecular weight is 427 g/mol. The summed E-state index contributed by atoms with van der Waals surface area (Å²) in [6, 6.07) is 6.00. The highest BCUT2D eigenvalue weighted by Crippen LogP contribution is 2.17. The quantitative estimate of drug-likeness (QED) is 0.615. The fraction of sp³-hybridized carbons (Fsp3) is 0.625. The highest BCUT2D eigenvalue weighted by molar-refractivity contribution is 7.91. The normalized spacial score (nSPS) is 18.1. The Hall–Kier alpha value is -0.870. The molecule has 0 aromatic heterocycles. The summed E-state index contributed by atoms with van der Waals surface area (Å²) in [6.45, 7) is 3.88. The number of piperidine rings is 1. The van der Waals surface area contributed by atoms with Gasteiger partial charge in [-0.05, 0) is 56.1 Å². The summed E-state index contributed by atoms with van der Waals surface area (Å²) < 4.78 is 55.5. The molecule has 1 unspecified atom stereocenters. The third-order valence-electron chi connectivity index (χ3n) is 4.20. The van der Waals surface area contributed by atoms with Gasteiger partial charge in [0.25, 0.3) is 0 Å². The Morgan fingerprint density at radius 2 is 1.88 bits per heavy atom. The number of benzene rings is 1. The fourth-order valence-electron chi connectivity index (χ4n) is 2.55. The summed E-state index contributed by atoms with van der Waals surface area (Å²) in [4.78, 5) is 0.171. The molecule has 0 saturated carbocycles. The van der Waals surface area contributed by atoms with Crippen LogP contribution in [-0.4, -0.2) is 54.6 Å². The van der Waals surface area contributed by atoms with Gasteiger partial charge in [0.1, 0.15) is 12.4 Å². The second-order valence-electron chi connectivity index (χ2n) is 6.12. The maximum atomic E-state index is 12.3. The van der Waals surface area contributed by atoms with Gasteiger partial charge < -0.3 is 10.1 Å². The lowest BCUT2D eigenvalue weighted by Gasteiger charge is -2.22. The number of hydrogen-bond acceptors (Lipinski definition) is 6. The van der Waals surface area contributed by atoms with E-state index in [4.69, 9.17) is 4.74 Å². The summed E-state index contributed by atoms with van der Waals surface area (Å²) in [5.74, 6) is 0.782. The van der Waals surface area contributed by atoms with E-state index in [1.54, 1.807) is 6.92 Å². The molecular formula is C16H27ClN2O5S2. The fourth-order valence-corrected chi connectivity index (χ4v) is 4.30. The molecule has 0 bridgehead atoms. The maximum Gasteiger partial charge on any atom is 0.240 e. The minimum absolute atomic E-state index is 0. The molecule has 0 radical (unpaired) electrons. The van der Waals surface area contributed by atoms with Crippen LogP contribution in [0.25, 0.3) is 0 Å². The van der Waals surface area contributed by atoms with E-state index >= 15 is 0 Å². The van der Waals surface area contributed by atoms with E-state index < -0.39 is 19.9 Å². The molecule has 1 saturated heterocycles. The number of halogens is 1. The summed E-state index contributed by atoms with van der Waals surface area (Å²) in [5, 5.41) is 3.26. The van der Waals surface area contributed by atoms with E-state index in [2.05, 4.69) is 10.0 Å². The molecule has 150 valence electrons. The number of hydrogen-bond donors (Lipinski definition) is 2. The van der Waals surface area contributed by atoms with Crippen LogP contribution in [0.4, 0.5) is 0 Å². The molecular weight excluding hydrogens is 400 g/mol. The SMILES string of the molecule is CCS(=O)(=O)CCOc1ccc(S(=O)(=O)NCC2CCCNC2)cc1.Cl. The molecule has 2 rings (SSSR count). The Labute approximate surface area is 162 Å². The molecule has 1 aliphatic heterocycles. The Kier molecular flexibility index (Phi) is 9.32. The zero-order valence-corrected chi connectivity index (χ0v) is 17.3. The van der Waals surface area contributed by atoms with Crippen molar-refractivity contribution in [3.8, 4) is 5.75 Å². The van der Waals surface area contributed by atoms with Crippen molar-refractivity contribution in [3.63, 3.8) is 0 Å². The first-order valence-corrected chi connectivity index (χ1v) is 11.8. The highest BCUT2D eigenvalue weighted by atomic mass is 35.5. The predicted molar refractivity (Wildman–Crippen MR) is 104 cm³/mol. The molecule has 1 heterocycles. The van der Waals surface area contributed by atoms with Crippen molar-refractivity contribution in [2.75, 3.05) is 37.7 Å². The minimum atomic E-state index is -3.55. The van der Waals surface area contributed by atoms with Crippen LogP contribution in [0.15, 0.2) is 29.2 Å². The summed E-state index contributed by atoms with van der Waals surface area (Å²) in [6.07, 6.45) is 2.08. The first-order chi connectivity index (χ1) is 11.8. The molecule has 2 N–H and O–H groups in total. The van der Waals surface area contributed by atoms with Crippen molar-refractivity contribution in [2.24, 2.45) is 5.92 Å². The lowest BCUT2D eigenvalue weighted by atomic mass is 10.0. The third-order valence-corrected chi connectivity index (χ3v) is 7.31. The van der Waals surface area contributed by atoms with E-state index in [-0.39, 0.29) is 35.4 Å². The van der Waals surface area contributed by atoms with Gasteiger partial charge in [-0.15, -0.1) is 12.4 Å². The second-order valence-corrected chi connectivity index (χ2v) is 10.4. The van der Waals surface area contributed by atoms with E-state index in [1.807, 2.05) is 0 Å². The Morgan fingerprint density at radius 3 is 2.46 bits per heavy atom. The maximum absolute atomic E-state index is 12.3. The highest BCUT2D eigenvalue weighted by Gasteiger charge is 2.18. The minimum Gasteiger partial charge on any atom is -0.493 e. The van der Waals surface area contributed by atoms with Gasteiger partial charge in [0.05, 0.1) is 10.6 Å². The van der Waals surface area contributed by atoms with Crippen LogP contribution in [0.3, 0.4) is 0 Å². The summed E-state index contributed by atoms with van der Waals surface area (Å²) in [7, 11) is -6.63. The Balaban J connectivity index is 0.00000338. The molecule has 1 fully saturated rings. The van der Waals surface area contributed by atoms with Gasteiger partial charge in [0.2, 0.25) is 10.0 Å². The number of rotatable bonds is 9. The molecule has 7 nitrogen and oxygen atoms in total. The first kappa shape index (κ1) is 23.2. The number of sulfonamides is 1. The Bertz CT molecular complexity index is 745. The summed E-state index contributed by atoms with van der Waals surface area (Å²) >= 11 is 0. The molecule has 1 atom stereocenters. The van der Waals surface area contributed by atoms with E-state index in [1.165, 1.54) is 24.3 Å². The first-order valence-electron chi connectivity index (χ1n) is 8.46. The van der Waals surface area contributed by atoms with Crippen molar-refractivity contribution in [2.45, 2.75) is 24.7 Å². The lowest BCUT2D eigenvalue weighted by Crippen LogP contribution is -2.38. The van der Waals surface area contributed by atoms with Crippen molar-refractivity contribution in [3.05, 3.63) is 24.3 Å². The van der Waals surface area contributed by atoms with Gasteiger partial charge in [-0.25, -0.2) is 21.6 Å². The van der Waals surface area contributed by atoms with Gasteiger partial charge >= 0.3 is 0 Å². The largest absolute Gasteiger partial charge is 0.493 e. The molecule has 1 aromatic rings. The van der Waals surface area contributed by atoms with E-state index in [0.717, 1.165) is 25.9 Å². The topological polar surface area (TPSA) is 102 Å². The van der Waals surface area contributed by atoms with Crippen LogP contribution in [0.1, 0.15) is 19.8 Å². The van der Waals surface area contributed by atoms with Crippen molar-refractivity contribution in [1.82, 2.24) is 10.0 Å². The lowest BCUT2D eigenvalue weighted by molar-refractivity contribution is 0.340. The molecule has 0 aliphatic carbocycles. The van der Waals surface area contributed by atoms with Crippen LogP contribution in [0.5, 0.6) is 5.75 Å². The average Bonchev–Trinajstić information content (AvgIpc) is 2.61. The van der Waals surface area contributed by atoms with Crippen LogP contribution in [-0.2, 0) is 19.9 Å². The third kappa shape index (κ3) is 7.40. The summed E-state index contributed by atoms with van der Waals surface area (Å²) in [5.41, 5.74) is 0. The molecule has 0 amide bonds.